The first-order chi connectivity index (χ1) is 12.1. The van der Waals surface area contributed by atoms with E-state index in [-0.39, 0.29) is 18.6 Å². The SMILES string of the molecule is CCOc1cc2c(cc1CNC(=O)Cn1cccnc1=O)OC(C)C2. The quantitative estimate of drug-likeness (QED) is 0.854. The minimum Gasteiger partial charge on any atom is -0.494 e. The van der Waals surface area contributed by atoms with Gasteiger partial charge in [-0.15, -0.1) is 0 Å². The van der Waals surface area contributed by atoms with Crippen LogP contribution in [0.4, 0.5) is 0 Å². The predicted molar refractivity (Wildman–Crippen MR) is 91.7 cm³/mol. The molecular weight excluding hydrogens is 322 g/mol. The number of benzene rings is 1. The molecular formula is C18H21N3O4. The first-order valence-corrected chi connectivity index (χ1v) is 8.30. The number of carbonyl (C=O) groups is 1. The minimum atomic E-state index is -0.451. The van der Waals surface area contributed by atoms with Gasteiger partial charge in [-0.25, -0.2) is 9.78 Å². The molecule has 2 heterocycles. The number of nitrogens with zero attached hydrogens (tertiary/aromatic N) is 2. The number of hydrogen-bond donors (Lipinski definition) is 1. The standard InChI is InChI=1S/C18H21N3O4/c1-3-24-15-8-13-7-12(2)25-16(13)9-14(15)10-20-17(22)11-21-6-4-5-19-18(21)23/h4-6,8-9,12H,3,7,10-11H2,1-2H3,(H,20,22). The Bertz CT molecular complexity index is 831. The zero-order chi connectivity index (χ0) is 17.8. The van der Waals surface area contributed by atoms with Gasteiger partial charge >= 0.3 is 5.69 Å². The molecule has 0 saturated carbocycles. The van der Waals surface area contributed by atoms with Gasteiger partial charge in [0.25, 0.3) is 0 Å². The molecule has 1 atom stereocenters. The average Bonchev–Trinajstić information content (AvgIpc) is 2.94. The van der Waals surface area contributed by atoms with Crippen LogP contribution in [0.1, 0.15) is 25.0 Å². The number of hydrogen-bond acceptors (Lipinski definition) is 5. The molecule has 1 unspecified atom stereocenters. The molecule has 0 aliphatic carbocycles. The summed E-state index contributed by atoms with van der Waals surface area (Å²) < 4.78 is 12.7. The maximum atomic E-state index is 12.1. The van der Waals surface area contributed by atoms with Crippen molar-refractivity contribution >= 4 is 5.91 Å². The van der Waals surface area contributed by atoms with Gasteiger partial charge in [0, 0.05) is 36.5 Å². The van der Waals surface area contributed by atoms with Crippen LogP contribution in [0.2, 0.25) is 0 Å². The lowest BCUT2D eigenvalue weighted by Crippen LogP contribution is -2.32. The van der Waals surface area contributed by atoms with Gasteiger partial charge in [0.05, 0.1) is 6.61 Å². The Hall–Kier alpha value is -2.83. The van der Waals surface area contributed by atoms with Crippen molar-refractivity contribution in [2.45, 2.75) is 39.5 Å². The van der Waals surface area contributed by atoms with Crippen LogP contribution in [0.3, 0.4) is 0 Å². The van der Waals surface area contributed by atoms with Crippen LogP contribution in [0.25, 0.3) is 0 Å². The highest BCUT2D eigenvalue weighted by Crippen LogP contribution is 2.35. The zero-order valence-electron chi connectivity index (χ0n) is 14.3. The summed E-state index contributed by atoms with van der Waals surface area (Å²) in [5.74, 6) is 1.31. The number of nitrogens with one attached hydrogen (secondary N) is 1. The molecule has 0 radical (unpaired) electrons. The number of rotatable bonds is 6. The van der Waals surface area contributed by atoms with Gasteiger partial charge < -0.3 is 14.8 Å². The van der Waals surface area contributed by atoms with Crippen molar-refractivity contribution in [2.75, 3.05) is 6.61 Å². The molecule has 7 heteroatoms. The lowest BCUT2D eigenvalue weighted by atomic mass is 10.1. The Kier molecular flexibility index (Phi) is 5.02. The van der Waals surface area contributed by atoms with Gasteiger partial charge in [-0.05, 0) is 32.0 Å². The van der Waals surface area contributed by atoms with E-state index >= 15 is 0 Å². The Morgan fingerprint density at radius 1 is 1.48 bits per heavy atom. The summed E-state index contributed by atoms with van der Waals surface area (Å²) in [4.78, 5) is 27.3. The molecule has 7 nitrogen and oxygen atoms in total. The third kappa shape index (κ3) is 3.99. The van der Waals surface area contributed by atoms with E-state index in [1.807, 2.05) is 26.0 Å². The average molecular weight is 343 g/mol. The number of aromatic nitrogens is 2. The lowest BCUT2D eigenvalue weighted by molar-refractivity contribution is -0.121. The normalized spacial score (nSPS) is 15.4. The second kappa shape index (κ2) is 7.38. The largest absolute Gasteiger partial charge is 0.494 e. The maximum absolute atomic E-state index is 12.1. The molecule has 1 amide bonds. The molecule has 0 bridgehead atoms. The summed E-state index contributed by atoms with van der Waals surface area (Å²) in [7, 11) is 0. The molecule has 0 spiro atoms. The highest BCUT2D eigenvalue weighted by atomic mass is 16.5. The van der Waals surface area contributed by atoms with Crippen molar-refractivity contribution in [2.24, 2.45) is 0 Å². The second-order valence-corrected chi connectivity index (χ2v) is 5.94. The summed E-state index contributed by atoms with van der Waals surface area (Å²) in [5.41, 5.74) is 1.52. The van der Waals surface area contributed by atoms with Gasteiger partial charge in [0.1, 0.15) is 24.1 Å². The van der Waals surface area contributed by atoms with E-state index in [1.165, 1.54) is 17.0 Å². The number of carbonyl (C=O) groups excluding carboxylic acids is 1. The van der Waals surface area contributed by atoms with E-state index in [9.17, 15) is 9.59 Å². The highest BCUT2D eigenvalue weighted by Gasteiger charge is 2.22. The summed E-state index contributed by atoms with van der Waals surface area (Å²) in [6, 6.07) is 5.51. The molecule has 1 N–H and O–H groups in total. The predicted octanol–water partition coefficient (Wildman–Crippen LogP) is 1.28. The Morgan fingerprint density at radius 2 is 2.32 bits per heavy atom. The maximum Gasteiger partial charge on any atom is 0.347 e. The fraction of sp³-hybridized carbons (Fsp3) is 0.389. The van der Waals surface area contributed by atoms with Crippen LogP contribution >= 0.6 is 0 Å². The van der Waals surface area contributed by atoms with Crippen molar-refractivity contribution in [1.82, 2.24) is 14.9 Å². The van der Waals surface area contributed by atoms with Gasteiger partial charge in [-0.1, -0.05) is 0 Å². The molecule has 25 heavy (non-hydrogen) atoms. The molecule has 0 fully saturated rings. The fourth-order valence-electron chi connectivity index (χ4n) is 2.82. The molecule has 1 aromatic heterocycles. The van der Waals surface area contributed by atoms with Crippen LogP contribution < -0.4 is 20.5 Å². The van der Waals surface area contributed by atoms with Gasteiger partial charge in [-0.2, -0.15) is 0 Å². The fourth-order valence-corrected chi connectivity index (χ4v) is 2.82. The molecule has 3 rings (SSSR count). The smallest absolute Gasteiger partial charge is 0.347 e. The Labute approximate surface area is 145 Å². The van der Waals surface area contributed by atoms with Crippen LogP contribution in [-0.2, 0) is 24.3 Å². The van der Waals surface area contributed by atoms with Crippen molar-refractivity contribution in [3.63, 3.8) is 0 Å². The molecule has 2 aromatic rings. The number of amides is 1. The topological polar surface area (TPSA) is 82.5 Å². The van der Waals surface area contributed by atoms with E-state index in [2.05, 4.69) is 10.3 Å². The van der Waals surface area contributed by atoms with Crippen LogP contribution in [0, 0.1) is 0 Å². The van der Waals surface area contributed by atoms with Crippen LogP contribution in [0.15, 0.2) is 35.4 Å². The zero-order valence-corrected chi connectivity index (χ0v) is 14.3. The minimum absolute atomic E-state index is 0.0743. The number of ether oxygens (including phenoxy) is 2. The van der Waals surface area contributed by atoms with Crippen molar-refractivity contribution in [3.8, 4) is 11.5 Å². The first kappa shape index (κ1) is 17.0. The van der Waals surface area contributed by atoms with Crippen molar-refractivity contribution in [1.29, 1.82) is 0 Å². The Morgan fingerprint density at radius 3 is 3.08 bits per heavy atom. The lowest BCUT2D eigenvalue weighted by Gasteiger charge is -2.13. The van der Waals surface area contributed by atoms with E-state index in [4.69, 9.17) is 9.47 Å². The first-order valence-electron chi connectivity index (χ1n) is 8.30. The van der Waals surface area contributed by atoms with Gasteiger partial charge in [-0.3, -0.25) is 9.36 Å². The van der Waals surface area contributed by atoms with Crippen LogP contribution in [0.5, 0.6) is 11.5 Å². The van der Waals surface area contributed by atoms with Gasteiger partial charge in [0.15, 0.2) is 0 Å². The van der Waals surface area contributed by atoms with Crippen LogP contribution in [-0.4, -0.2) is 28.2 Å². The molecule has 132 valence electrons. The van der Waals surface area contributed by atoms with E-state index in [1.54, 1.807) is 6.07 Å². The second-order valence-electron chi connectivity index (χ2n) is 5.94. The highest BCUT2D eigenvalue weighted by molar-refractivity contribution is 5.75. The third-order valence-corrected chi connectivity index (χ3v) is 3.95. The Balaban J connectivity index is 1.70. The molecule has 1 aliphatic rings. The van der Waals surface area contributed by atoms with Crippen molar-refractivity contribution in [3.05, 3.63) is 52.2 Å². The molecule has 1 aliphatic heterocycles. The molecule has 0 saturated heterocycles. The van der Waals surface area contributed by atoms with E-state index in [0.717, 1.165) is 29.0 Å². The third-order valence-electron chi connectivity index (χ3n) is 3.95. The summed E-state index contributed by atoms with van der Waals surface area (Å²) in [6.45, 7) is 4.71. The van der Waals surface area contributed by atoms with Gasteiger partial charge in [0.2, 0.25) is 5.91 Å². The summed E-state index contributed by atoms with van der Waals surface area (Å²) >= 11 is 0. The summed E-state index contributed by atoms with van der Waals surface area (Å²) in [6.07, 6.45) is 3.93. The monoisotopic (exact) mass is 343 g/mol. The van der Waals surface area contributed by atoms with E-state index < -0.39 is 5.69 Å². The molecule has 1 aromatic carbocycles. The number of fused-ring (bicyclic) bond motifs is 1. The van der Waals surface area contributed by atoms with Crippen molar-refractivity contribution < 1.29 is 14.3 Å². The van der Waals surface area contributed by atoms with E-state index in [0.29, 0.717) is 13.2 Å². The summed E-state index contributed by atoms with van der Waals surface area (Å²) in [5, 5.41) is 2.81.